The van der Waals surface area contributed by atoms with Crippen molar-refractivity contribution in [1.29, 1.82) is 0 Å². The van der Waals surface area contributed by atoms with Gasteiger partial charge in [0.1, 0.15) is 0 Å². The van der Waals surface area contributed by atoms with Crippen LogP contribution in [-0.4, -0.2) is 15.0 Å². The zero-order chi connectivity index (χ0) is 38.4. The summed E-state index contributed by atoms with van der Waals surface area (Å²) in [6, 6.07) is 72.2. The van der Waals surface area contributed by atoms with Crippen LogP contribution in [0.1, 0.15) is 45.2 Å². The minimum atomic E-state index is 0.129. The van der Waals surface area contributed by atoms with Gasteiger partial charge in [0.25, 0.3) is 0 Å². The molecule has 274 valence electrons. The number of hydrogen-bond donors (Lipinski definition) is 0. The number of fused-ring (bicyclic) bond motifs is 6. The smallest absolute Gasteiger partial charge is 0.164 e. The second-order valence-corrected chi connectivity index (χ2v) is 15.5. The van der Waals surface area contributed by atoms with Gasteiger partial charge in [-0.05, 0) is 104 Å². The highest BCUT2D eigenvalue weighted by Crippen LogP contribution is 2.51. The Kier molecular flexibility index (Phi) is 8.44. The number of rotatable bonds is 7. The highest BCUT2D eigenvalue weighted by molar-refractivity contribution is 5.88. The fraction of sp³-hybridized carbons (Fsp3) is 0.0727. The molecule has 11 rings (SSSR count). The van der Waals surface area contributed by atoms with Crippen molar-refractivity contribution < 1.29 is 0 Å². The van der Waals surface area contributed by atoms with E-state index in [2.05, 4.69) is 164 Å². The summed E-state index contributed by atoms with van der Waals surface area (Å²) in [7, 11) is 0. The Balaban J connectivity index is 1.02. The van der Waals surface area contributed by atoms with Gasteiger partial charge in [0.05, 0.1) is 0 Å². The first-order valence-electron chi connectivity index (χ1n) is 20.2. The van der Waals surface area contributed by atoms with Crippen LogP contribution in [0.5, 0.6) is 0 Å². The van der Waals surface area contributed by atoms with E-state index in [1.807, 2.05) is 36.4 Å². The van der Waals surface area contributed by atoms with Crippen molar-refractivity contribution in [2.24, 2.45) is 0 Å². The summed E-state index contributed by atoms with van der Waals surface area (Å²) in [5, 5.41) is 0. The second kappa shape index (κ2) is 14.4. The largest absolute Gasteiger partial charge is 0.208 e. The van der Waals surface area contributed by atoms with E-state index in [9.17, 15) is 0 Å². The van der Waals surface area contributed by atoms with Crippen molar-refractivity contribution in [2.75, 3.05) is 0 Å². The van der Waals surface area contributed by atoms with Crippen molar-refractivity contribution in [3.05, 3.63) is 234 Å². The molecule has 3 heteroatoms. The van der Waals surface area contributed by atoms with Crippen LogP contribution < -0.4 is 0 Å². The lowest BCUT2D eigenvalue weighted by molar-refractivity contribution is 0.673. The zero-order valence-electron chi connectivity index (χ0n) is 32.0. The lowest BCUT2D eigenvalue weighted by Gasteiger charge is -2.28. The summed E-state index contributed by atoms with van der Waals surface area (Å²) in [5.74, 6) is 2.57. The molecule has 3 nitrogen and oxygen atoms in total. The number of aromatic nitrogens is 3. The summed E-state index contributed by atoms with van der Waals surface area (Å²) in [5.41, 5.74) is 18.7. The molecule has 0 amide bonds. The molecule has 0 aliphatic heterocycles. The van der Waals surface area contributed by atoms with Crippen molar-refractivity contribution in [2.45, 2.75) is 24.7 Å². The van der Waals surface area contributed by atoms with E-state index in [4.69, 9.17) is 15.0 Å². The van der Waals surface area contributed by atoms with Crippen LogP contribution in [0.15, 0.2) is 200 Å². The molecule has 9 aromatic rings. The van der Waals surface area contributed by atoms with E-state index in [1.165, 1.54) is 66.8 Å². The normalized spacial score (nSPS) is 14.9. The SMILES string of the molecule is c1ccc(C[C@H]2Cc3ccc(-c4ccc5c(c4)-c4cc(-c6nc(-c7ccccc7)nc(-c7ccccc7)n6)ccc4C5c4ccccc4)cc3-c3ccccc32)cc1. The molecule has 1 unspecified atom stereocenters. The molecule has 1 heterocycles. The highest BCUT2D eigenvalue weighted by atomic mass is 15.0. The number of hydrogen-bond acceptors (Lipinski definition) is 3. The monoisotopic (exact) mass is 741 g/mol. The van der Waals surface area contributed by atoms with Crippen LogP contribution in [0.2, 0.25) is 0 Å². The maximum atomic E-state index is 5.09. The topological polar surface area (TPSA) is 38.7 Å². The first kappa shape index (κ1) is 34.1. The van der Waals surface area contributed by atoms with Gasteiger partial charge in [-0.15, -0.1) is 0 Å². The van der Waals surface area contributed by atoms with Crippen LogP contribution in [0.3, 0.4) is 0 Å². The lowest BCUT2D eigenvalue weighted by Crippen LogP contribution is -2.13. The first-order valence-corrected chi connectivity index (χ1v) is 20.2. The Morgan fingerprint density at radius 2 is 0.845 bits per heavy atom. The third kappa shape index (κ3) is 6.13. The van der Waals surface area contributed by atoms with Gasteiger partial charge in [0.15, 0.2) is 17.5 Å². The fourth-order valence-electron chi connectivity index (χ4n) is 9.25. The molecule has 1 aromatic heterocycles. The highest BCUT2D eigenvalue weighted by Gasteiger charge is 2.31. The lowest BCUT2D eigenvalue weighted by atomic mass is 9.75. The van der Waals surface area contributed by atoms with Crippen LogP contribution in [0.4, 0.5) is 0 Å². The Hall–Kier alpha value is -7.23. The molecule has 2 atom stereocenters. The van der Waals surface area contributed by atoms with Gasteiger partial charge in [-0.1, -0.05) is 182 Å². The van der Waals surface area contributed by atoms with Crippen LogP contribution in [-0.2, 0) is 12.8 Å². The van der Waals surface area contributed by atoms with Gasteiger partial charge < -0.3 is 0 Å². The minimum Gasteiger partial charge on any atom is -0.208 e. The molecule has 0 N–H and O–H groups in total. The van der Waals surface area contributed by atoms with Gasteiger partial charge in [0, 0.05) is 22.6 Å². The molecular formula is C55H39N3. The standard InChI is InChI=1S/C55H39N3/c1-5-15-36(16-6-1)31-44-32-42-26-25-40(33-49(42)46-24-14-13-23-45(44)46)41-27-29-47-50(34-41)51-35-43(28-30-48(51)52(47)37-17-7-2-8-18-37)55-57-53(38-19-9-3-10-20-38)56-54(58-55)39-21-11-4-12-22-39/h1-30,33-35,44,52H,31-32H2/t44-,52?/m0/s1. The van der Waals surface area contributed by atoms with Crippen molar-refractivity contribution in [1.82, 2.24) is 15.0 Å². The Labute approximate surface area is 339 Å². The third-order valence-electron chi connectivity index (χ3n) is 12.0. The van der Waals surface area contributed by atoms with E-state index in [0.29, 0.717) is 23.4 Å². The molecule has 2 aliphatic rings. The Morgan fingerprint density at radius 3 is 1.48 bits per heavy atom. The van der Waals surface area contributed by atoms with Crippen LogP contribution in [0, 0.1) is 0 Å². The van der Waals surface area contributed by atoms with Gasteiger partial charge in [0.2, 0.25) is 0 Å². The average molecular weight is 742 g/mol. The average Bonchev–Trinajstić information content (AvgIpc) is 3.63. The predicted octanol–water partition coefficient (Wildman–Crippen LogP) is 13.2. The summed E-state index contributed by atoms with van der Waals surface area (Å²) in [6.45, 7) is 0. The number of nitrogens with zero attached hydrogens (tertiary/aromatic N) is 3. The van der Waals surface area contributed by atoms with Gasteiger partial charge in [-0.2, -0.15) is 0 Å². The maximum absolute atomic E-state index is 5.09. The summed E-state index contributed by atoms with van der Waals surface area (Å²) >= 11 is 0. The summed E-state index contributed by atoms with van der Waals surface area (Å²) in [4.78, 5) is 15.1. The Morgan fingerprint density at radius 1 is 0.362 bits per heavy atom. The van der Waals surface area contributed by atoms with Crippen LogP contribution >= 0.6 is 0 Å². The zero-order valence-corrected chi connectivity index (χ0v) is 32.0. The minimum absolute atomic E-state index is 0.129. The summed E-state index contributed by atoms with van der Waals surface area (Å²) in [6.07, 6.45) is 2.08. The van der Waals surface area contributed by atoms with Crippen LogP contribution in [0.25, 0.3) is 67.5 Å². The molecule has 0 fully saturated rings. The predicted molar refractivity (Wildman–Crippen MR) is 236 cm³/mol. The molecule has 0 bridgehead atoms. The molecule has 0 radical (unpaired) electrons. The Bertz CT molecular complexity index is 2880. The van der Waals surface area contributed by atoms with Gasteiger partial charge >= 0.3 is 0 Å². The van der Waals surface area contributed by atoms with E-state index in [0.717, 1.165) is 29.5 Å². The van der Waals surface area contributed by atoms with Gasteiger partial charge in [-0.25, -0.2) is 15.0 Å². The molecular weight excluding hydrogens is 703 g/mol. The molecule has 0 spiro atoms. The van der Waals surface area contributed by atoms with E-state index >= 15 is 0 Å². The molecule has 0 saturated carbocycles. The van der Waals surface area contributed by atoms with Crippen molar-refractivity contribution in [3.8, 4) is 67.5 Å². The molecule has 0 saturated heterocycles. The molecule has 58 heavy (non-hydrogen) atoms. The summed E-state index contributed by atoms with van der Waals surface area (Å²) < 4.78 is 0. The second-order valence-electron chi connectivity index (χ2n) is 15.5. The maximum Gasteiger partial charge on any atom is 0.164 e. The van der Waals surface area contributed by atoms with Crippen molar-refractivity contribution in [3.63, 3.8) is 0 Å². The van der Waals surface area contributed by atoms with Gasteiger partial charge in [-0.3, -0.25) is 0 Å². The molecule has 2 aliphatic carbocycles. The quantitative estimate of drug-likeness (QED) is 0.163. The fourth-order valence-corrected chi connectivity index (χ4v) is 9.25. The van der Waals surface area contributed by atoms with E-state index < -0.39 is 0 Å². The third-order valence-corrected chi connectivity index (χ3v) is 12.0. The molecule has 8 aromatic carbocycles. The number of benzene rings is 8. The van der Waals surface area contributed by atoms with E-state index in [-0.39, 0.29) is 5.92 Å². The first-order chi connectivity index (χ1) is 28.7. The van der Waals surface area contributed by atoms with E-state index in [1.54, 1.807) is 0 Å². The van der Waals surface area contributed by atoms with Crippen molar-refractivity contribution >= 4 is 0 Å².